The number of benzene rings is 1. The highest BCUT2D eigenvalue weighted by atomic mass is 32.1. The molecule has 1 atom stereocenters. The van der Waals surface area contributed by atoms with E-state index in [-0.39, 0.29) is 6.04 Å². The van der Waals surface area contributed by atoms with Gasteiger partial charge in [-0.15, -0.1) is 11.3 Å². The van der Waals surface area contributed by atoms with Gasteiger partial charge in [0.15, 0.2) is 0 Å². The van der Waals surface area contributed by atoms with Crippen molar-refractivity contribution in [2.24, 2.45) is 0 Å². The topological polar surface area (TPSA) is 25.2 Å². The van der Waals surface area contributed by atoms with Crippen LogP contribution in [0.25, 0.3) is 11.0 Å². The van der Waals surface area contributed by atoms with Crippen LogP contribution in [-0.2, 0) is 6.42 Å². The highest BCUT2D eigenvalue weighted by molar-refractivity contribution is 7.09. The van der Waals surface area contributed by atoms with Gasteiger partial charge in [0.05, 0.1) is 6.04 Å². The van der Waals surface area contributed by atoms with Crippen molar-refractivity contribution in [3.05, 3.63) is 58.0 Å². The third kappa shape index (κ3) is 2.79. The van der Waals surface area contributed by atoms with Crippen molar-refractivity contribution in [3.8, 4) is 0 Å². The lowest BCUT2D eigenvalue weighted by molar-refractivity contribution is 0.434. The Hall–Kier alpha value is -1.58. The van der Waals surface area contributed by atoms with Crippen LogP contribution in [0, 0.1) is 6.92 Å². The Labute approximate surface area is 123 Å². The van der Waals surface area contributed by atoms with Crippen LogP contribution in [0.1, 0.15) is 28.7 Å². The molecule has 0 radical (unpaired) electrons. The average molecular weight is 285 g/mol. The predicted octanol–water partition coefficient (Wildman–Crippen LogP) is 4.70. The number of hydrogen-bond donors (Lipinski definition) is 1. The van der Waals surface area contributed by atoms with Crippen LogP contribution in [0.5, 0.6) is 0 Å². The Balaban J connectivity index is 1.79. The summed E-state index contributed by atoms with van der Waals surface area (Å²) < 4.78 is 5.99. The monoisotopic (exact) mass is 285 g/mol. The van der Waals surface area contributed by atoms with Crippen LogP contribution in [0.4, 0.5) is 0 Å². The normalized spacial score (nSPS) is 12.9. The SMILES string of the molecule is CNC(CCc1cccs1)c1cc2cc(C)ccc2o1. The van der Waals surface area contributed by atoms with Crippen LogP contribution in [0.3, 0.4) is 0 Å². The molecule has 2 nitrogen and oxygen atoms in total. The van der Waals surface area contributed by atoms with E-state index in [9.17, 15) is 0 Å². The number of rotatable bonds is 5. The molecule has 3 rings (SSSR count). The molecule has 104 valence electrons. The molecule has 3 heteroatoms. The molecule has 1 aromatic carbocycles. The summed E-state index contributed by atoms with van der Waals surface area (Å²) in [5.41, 5.74) is 2.24. The number of aryl methyl sites for hydroxylation is 2. The minimum absolute atomic E-state index is 0.268. The zero-order valence-corrected chi connectivity index (χ0v) is 12.7. The van der Waals surface area contributed by atoms with Crippen molar-refractivity contribution in [1.82, 2.24) is 5.32 Å². The molecule has 20 heavy (non-hydrogen) atoms. The summed E-state index contributed by atoms with van der Waals surface area (Å²) in [6.45, 7) is 2.11. The first-order chi connectivity index (χ1) is 9.76. The van der Waals surface area contributed by atoms with Gasteiger partial charge in [-0.2, -0.15) is 0 Å². The summed E-state index contributed by atoms with van der Waals surface area (Å²) in [4.78, 5) is 1.43. The van der Waals surface area contributed by atoms with Crippen molar-refractivity contribution < 1.29 is 4.42 Å². The van der Waals surface area contributed by atoms with Gasteiger partial charge >= 0.3 is 0 Å². The zero-order chi connectivity index (χ0) is 13.9. The van der Waals surface area contributed by atoms with Crippen LogP contribution in [-0.4, -0.2) is 7.05 Å². The largest absolute Gasteiger partial charge is 0.459 e. The molecule has 2 heterocycles. The first-order valence-electron chi connectivity index (χ1n) is 6.96. The second-order valence-electron chi connectivity index (χ2n) is 5.15. The summed E-state index contributed by atoms with van der Waals surface area (Å²) in [7, 11) is 2.00. The average Bonchev–Trinajstić information content (AvgIpc) is 3.08. The van der Waals surface area contributed by atoms with Crippen molar-refractivity contribution in [3.63, 3.8) is 0 Å². The fourth-order valence-corrected chi connectivity index (χ4v) is 3.25. The second-order valence-corrected chi connectivity index (χ2v) is 6.18. The van der Waals surface area contributed by atoms with E-state index >= 15 is 0 Å². The first kappa shape index (κ1) is 13.4. The van der Waals surface area contributed by atoms with E-state index in [1.165, 1.54) is 15.8 Å². The summed E-state index contributed by atoms with van der Waals surface area (Å²) in [6.07, 6.45) is 2.13. The molecule has 1 N–H and O–H groups in total. The Morgan fingerprint density at radius 1 is 1.25 bits per heavy atom. The fraction of sp³-hybridized carbons (Fsp3) is 0.294. The zero-order valence-electron chi connectivity index (χ0n) is 11.8. The van der Waals surface area contributed by atoms with E-state index in [0.29, 0.717) is 0 Å². The summed E-state index contributed by atoms with van der Waals surface area (Å²) in [5, 5.41) is 6.69. The smallest absolute Gasteiger partial charge is 0.134 e. The number of furan rings is 1. The van der Waals surface area contributed by atoms with Gasteiger partial charge in [-0.05, 0) is 56.5 Å². The van der Waals surface area contributed by atoms with Crippen molar-refractivity contribution in [1.29, 1.82) is 0 Å². The lowest BCUT2D eigenvalue weighted by Crippen LogP contribution is -2.16. The van der Waals surface area contributed by atoms with Crippen LogP contribution >= 0.6 is 11.3 Å². The molecular weight excluding hydrogens is 266 g/mol. The quantitative estimate of drug-likeness (QED) is 0.735. The Morgan fingerprint density at radius 3 is 2.90 bits per heavy atom. The van der Waals surface area contributed by atoms with Crippen LogP contribution < -0.4 is 5.32 Å². The van der Waals surface area contributed by atoms with Crippen LogP contribution in [0.2, 0.25) is 0 Å². The summed E-state index contributed by atoms with van der Waals surface area (Å²) >= 11 is 1.82. The molecule has 0 fully saturated rings. The lowest BCUT2D eigenvalue weighted by Gasteiger charge is -2.12. The molecular formula is C17H19NOS. The molecule has 0 aliphatic carbocycles. The third-order valence-electron chi connectivity index (χ3n) is 3.64. The molecule has 0 aliphatic heterocycles. The number of nitrogens with one attached hydrogen (secondary N) is 1. The van der Waals surface area contributed by atoms with Crippen molar-refractivity contribution in [2.45, 2.75) is 25.8 Å². The Kier molecular flexibility index (Phi) is 3.90. The van der Waals surface area contributed by atoms with Crippen LogP contribution in [0.15, 0.2) is 46.2 Å². The molecule has 0 saturated heterocycles. The van der Waals surface area contributed by atoms with Gasteiger partial charge in [-0.25, -0.2) is 0 Å². The molecule has 1 unspecified atom stereocenters. The van der Waals surface area contributed by atoms with Crippen molar-refractivity contribution in [2.75, 3.05) is 7.05 Å². The Bertz CT molecular complexity index is 684. The predicted molar refractivity (Wildman–Crippen MR) is 85.4 cm³/mol. The third-order valence-corrected chi connectivity index (χ3v) is 4.58. The maximum absolute atomic E-state index is 5.99. The molecule has 0 amide bonds. The lowest BCUT2D eigenvalue weighted by atomic mass is 10.1. The Morgan fingerprint density at radius 2 is 2.15 bits per heavy atom. The molecule has 3 aromatic rings. The minimum Gasteiger partial charge on any atom is -0.459 e. The molecule has 0 spiro atoms. The van der Waals surface area contributed by atoms with E-state index < -0.39 is 0 Å². The van der Waals surface area contributed by atoms with E-state index in [2.05, 4.69) is 54.0 Å². The van der Waals surface area contributed by atoms with E-state index in [4.69, 9.17) is 4.42 Å². The maximum atomic E-state index is 5.99. The van der Waals surface area contributed by atoms with Crippen molar-refractivity contribution >= 4 is 22.3 Å². The number of fused-ring (bicyclic) bond motifs is 1. The molecule has 2 aromatic heterocycles. The summed E-state index contributed by atoms with van der Waals surface area (Å²) in [6, 6.07) is 13.1. The van der Waals surface area contributed by atoms with E-state index in [1.807, 2.05) is 18.4 Å². The van der Waals surface area contributed by atoms with Gasteiger partial charge in [0.25, 0.3) is 0 Å². The highest BCUT2D eigenvalue weighted by Gasteiger charge is 2.14. The number of hydrogen-bond acceptors (Lipinski definition) is 3. The fourth-order valence-electron chi connectivity index (χ4n) is 2.53. The molecule has 0 aliphatic rings. The van der Waals surface area contributed by atoms with E-state index in [0.717, 1.165) is 24.2 Å². The van der Waals surface area contributed by atoms with Gasteiger partial charge in [0, 0.05) is 10.3 Å². The van der Waals surface area contributed by atoms with Gasteiger partial charge in [0.2, 0.25) is 0 Å². The highest BCUT2D eigenvalue weighted by Crippen LogP contribution is 2.27. The number of thiophene rings is 1. The van der Waals surface area contributed by atoms with Gasteiger partial charge in [-0.1, -0.05) is 17.7 Å². The standard InChI is InChI=1S/C17H19NOS/c1-12-5-8-16-13(10-12)11-17(19-16)15(18-2)7-6-14-4-3-9-20-14/h3-5,8-11,15,18H,6-7H2,1-2H3. The van der Waals surface area contributed by atoms with Gasteiger partial charge in [-0.3, -0.25) is 0 Å². The second kappa shape index (κ2) is 5.81. The summed E-state index contributed by atoms with van der Waals surface area (Å²) in [5.74, 6) is 1.03. The van der Waals surface area contributed by atoms with Gasteiger partial charge in [0.1, 0.15) is 11.3 Å². The minimum atomic E-state index is 0.268. The molecule has 0 bridgehead atoms. The van der Waals surface area contributed by atoms with Gasteiger partial charge < -0.3 is 9.73 Å². The first-order valence-corrected chi connectivity index (χ1v) is 7.84. The maximum Gasteiger partial charge on any atom is 0.134 e. The molecule has 0 saturated carbocycles. The van der Waals surface area contributed by atoms with E-state index in [1.54, 1.807) is 0 Å².